The molecule has 17 heavy (non-hydrogen) atoms. The molecule has 0 amide bonds. The summed E-state index contributed by atoms with van der Waals surface area (Å²) in [6.07, 6.45) is 5.39. The maximum absolute atomic E-state index is 4.38. The van der Waals surface area contributed by atoms with Crippen LogP contribution in [0.1, 0.15) is 43.0 Å². The highest BCUT2D eigenvalue weighted by Gasteiger charge is 2.26. The molecule has 94 valence electrons. The maximum Gasteiger partial charge on any atom is 0.0656 e. The summed E-state index contributed by atoms with van der Waals surface area (Å²) >= 11 is 0. The smallest absolute Gasteiger partial charge is 0.0656 e. The van der Waals surface area contributed by atoms with Gasteiger partial charge in [0.25, 0.3) is 0 Å². The Morgan fingerprint density at radius 2 is 2.24 bits per heavy atom. The number of hydrogen-bond donors (Lipinski definition) is 2. The molecule has 0 aromatic carbocycles. The molecule has 4 heteroatoms. The number of hydrogen-bond acceptors (Lipinski definition) is 3. The monoisotopic (exact) mass is 234 g/mol. The third-order valence-electron chi connectivity index (χ3n) is 3.59. The first-order valence-electron chi connectivity index (χ1n) is 6.77. The van der Waals surface area contributed by atoms with Gasteiger partial charge in [-0.2, -0.15) is 5.10 Å². The second kappa shape index (κ2) is 4.78. The Balaban J connectivity index is 1.40. The highest BCUT2D eigenvalue weighted by molar-refractivity contribution is 5.17. The van der Waals surface area contributed by atoms with E-state index in [9.17, 15) is 0 Å². The molecule has 0 aliphatic heterocycles. The number of aromatic amines is 1. The molecule has 1 heterocycles. The van der Waals surface area contributed by atoms with Crippen LogP contribution in [0.15, 0.2) is 6.07 Å². The fourth-order valence-corrected chi connectivity index (χ4v) is 2.17. The van der Waals surface area contributed by atoms with Crippen LogP contribution < -0.4 is 5.32 Å². The van der Waals surface area contributed by atoms with Crippen molar-refractivity contribution in [2.24, 2.45) is 0 Å². The summed E-state index contributed by atoms with van der Waals surface area (Å²) in [6, 6.07) is 3.06. The molecule has 2 saturated carbocycles. The van der Waals surface area contributed by atoms with Crippen molar-refractivity contribution < 1.29 is 0 Å². The van der Waals surface area contributed by atoms with E-state index in [1.54, 1.807) is 0 Å². The van der Waals surface area contributed by atoms with Gasteiger partial charge in [0, 0.05) is 37.3 Å². The summed E-state index contributed by atoms with van der Waals surface area (Å²) in [5.41, 5.74) is 2.52. The molecule has 0 saturated heterocycles. The summed E-state index contributed by atoms with van der Waals surface area (Å²) in [6.45, 7) is 3.19. The van der Waals surface area contributed by atoms with Crippen LogP contribution in [0.25, 0.3) is 0 Å². The summed E-state index contributed by atoms with van der Waals surface area (Å²) in [5.74, 6) is 0.752. The molecule has 0 atom stereocenters. The van der Waals surface area contributed by atoms with Gasteiger partial charge in [0.2, 0.25) is 0 Å². The number of nitrogens with zero attached hydrogens (tertiary/aromatic N) is 2. The molecular weight excluding hydrogens is 212 g/mol. The molecule has 2 fully saturated rings. The summed E-state index contributed by atoms with van der Waals surface area (Å²) in [5, 5.41) is 11.1. The first-order chi connectivity index (χ1) is 8.31. The van der Waals surface area contributed by atoms with Crippen molar-refractivity contribution in [3.8, 4) is 0 Å². The van der Waals surface area contributed by atoms with Gasteiger partial charge in [0.05, 0.1) is 5.69 Å². The predicted molar refractivity (Wildman–Crippen MR) is 67.9 cm³/mol. The largest absolute Gasteiger partial charge is 0.313 e. The number of aromatic nitrogens is 2. The zero-order chi connectivity index (χ0) is 11.7. The molecule has 0 radical (unpaired) electrons. The minimum Gasteiger partial charge on any atom is -0.313 e. The summed E-state index contributed by atoms with van der Waals surface area (Å²) in [7, 11) is 2.17. The molecule has 2 aliphatic carbocycles. The van der Waals surface area contributed by atoms with Crippen LogP contribution in [-0.2, 0) is 6.54 Å². The van der Waals surface area contributed by atoms with E-state index in [1.165, 1.54) is 37.1 Å². The van der Waals surface area contributed by atoms with Crippen molar-refractivity contribution in [2.75, 3.05) is 20.1 Å². The van der Waals surface area contributed by atoms with Crippen LogP contribution in [0, 0.1) is 0 Å². The third-order valence-corrected chi connectivity index (χ3v) is 3.59. The SMILES string of the molecule is CN(CCNC1CC1)Cc1cc(C2CC2)n[nH]1. The number of rotatable bonds is 7. The van der Waals surface area contributed by atoms with Gasteiger partial charge in [-0.15, -0.1) is 0 Å². The van der Waals surface area contributed by atoms with Crippen molar-refractivity contribution in [3.63, 3.8) is 0 Å². The van der Waals surface area contributed by atoms with Crippen molar-refractivity contribution >= 4 is 0 Å². The Hall–Kier alpha value is -0.870. The normalized spacial score (nSPS) is 20.1. The van der Waals surface area contributed by atoms with E-state index in [4.69, 9.17) is 0 Å². The van der Waals surface area contributed by atoms with Crippen LogP contribution in [0.4, 0.5) is 0 Å². The quantitative estimate of drug-likeness (QED) is 0.751. The third kappa shape index (κ3) is 3.30. The Bertz CT molecular complexity index is 365. The molecule has 0 spiro atoms. The lowest BCUT2D eigenvalue weighted by molar-refractivity contribution is 0.320. The molecule has 2 aliphatic rings. The van der Waals surface area contributed by atoms with E-state index in [2.05, 4.69) is 33.5 Å². The highest BCUT2D eigenvalue weighted by atomic mass is 15.2. The van der Waals surface area contributed by atoms with E-state index in [0.717, 1.165) is 31.6 Å². The second-order valence-electron chi connectivity index (χ2n) is 5.56. The van der Waals surface area contributed by atoms with Crippen molar-refractivity contribution in [1.82, 2.24) is 20.4 Å². The first kappa shape index (κ1) is 11.2. The highest BCUT2D eigenvalue weighted by Crippen LogP contribution is 2.39. The van der Waals surface area contributed by atoms with Gasteiger partial charge in [0.15, 0.2) is 0 Å². The van der Waals surface area contributed by atoms with Gasteiger partial charge in [-0.1, -0.05) is 0 Å². The van der Waals surface area contributed by atoms with Crippen LogP contribution in [0.2, 0.25) is 0 Å². The number of H-pyrrole nitrogens is 1. The molecule has 3 rings (SSSR count). The minimum atomic E-state index is 0.752. The van der Waals surface area contributed by atoms with Gasteiger partial charge in [-0.25, -0.2) is 0 Å². The molecule has 1 aromatic rings. The number of nitrogens with one attached hydrogen (secondary N) is 2. The lowest BCUT2D eigenvalue weighted by Crippen LogP contribution is -2.30. The average molecular weight is 234 g/mol. The zero-order valence-corrected chi connectivity index (χ0v) is 10.6. The summed E-state index contributed by atoms with van der Waals surface area (Å²) < 4.78 is 0. The molecular formula is C13H22N4. The topological polar surface area (TPSA) is 44.0 Å². The van der Waals surface area contributed by atoms with E-state index in [0.29, 0.717) is 0 Å². The molecule has 0 bridgehead atoms. The van der Waals surface area contributed by atoms with Crippen molar-refractivity contribution in [1.29, 1.82) is 0 Å². The molecule has 2 N–H and O–H groups in total. The van der Waals surface area contributed by atoms with Gasteiger partial charge in [-0.05, 0) is 38.8 Å². The minimum absolute atomic E-state index is 0.752. The van der Waals surface area contributed by atoms with Crippen LogP contribution in [0.5, 0.6) is 0 Å². The Kier molecular flexibility index (Phi) is 3.16. The molecule has 4 nitrogen and oxygen atoms in total. The van der Waals surface area contributed by atoms with Crippen LogP contribution in [-0.4, -0.2) is 41.3 Å². The fraction of sp³-hybridized carbons (Fsp3) is 0.769. The standard InChI is InChI=1S/C13H22N4/c1-17(7-6-14-11-4-5-11)9-12-8-13(16-15-12)10-2-3-10/h8,10-11,14H,2-7,9H2,1H3,(H,15,16). The van der Waals surface area contributed by atoms with E-state index in [1.807, 2.05) is 0 Å². The van der Waals surface area contributed by atoms with Gasteiger partial charge in [-0.3, -0.25) is 10.00 Å². The Morgan fingerprint density at radius 1 is 1.41 bits per heavy atom. The Morgan fingerprint density at radius 3 is 2.94 bits per heavy atom. The number of likely N-dealkylation sites (N-methyl/N-ethyl adjacent to an activating group) is 1. The van der Waals surface area contributed by atoms with Gasteiger partial charge < -0.3 is 5.32 Å². The second-order valence-corrected chi connectivity index (χ2v) is 5.56. The van der Waals surface area contributed by atoms with E-state index < -0.39 is 0 Å². The zero-order valence-electron chi connectivity index (χ0n) is 10.6. The van der Waals surface area contributed by atoms with Crippen LogP contribution in [0.3, 0.4) is 0 Å². The van der Waals surface area contributed by atoms with E-state index in [-0.39, 0.29) is 0 Å². The van der Waals surface area contributed by atoms with E-state index >= 15 is 0 Å². The van der Waals surface area contributed by atoms with Crippen molar-refractivity contribution in [2.45, 2.75) is 44.2 Å². The van der Waals surface area contributed by atoms with Gasteiger partial charge in [0.1, 0.15) is 0 Å². The van der Waals surface area contributed by atoms with Gasteiger partial charge >= 0.3 is 0 Å². The lowest BCUT2D eigenvalue weighted by atomic mass is 10.2. The summed E-state index contributed by atoms with van der Waals surface area (Å²) in [4.78, 5) is 2.35. The molecule has 0 unspecified atom stereocenters. The first-order valence-corrected chi connectivity index (χ1v) is 6.77. The van der Waals surface area contributed by atoms with Crippen LogP contribution >= 0.6 is 0 Å². The predicted octanol–water partition coefficient (Wildman–Crippen LogP) is 1.47. The average Bonchev–Trinajstić information content (AvgIpc) is 3.20. The lowest BCUT2D eigenvalue weighted by Gasteiger charge is -2.15. The van der Waals surface area contributed by atoms with Crippen molar-refractivity contribution in [3.05, 3.63) is 17.5 Å². The fourth-order valence-electron chi connectivity index (χ4n) is 2.17. The maximum atomic E-state index is 4.38. The molecule has 1 aromatic heterocycles. The Labute approximate surface area is 103 Å².